The van der Waals surface area contributed by atoms with Gasteiger partial charge in [0, 0.05) is 0 Å². The standard InChI is InChI=1S/C12H17NO2S2/c1-9(2)12(15)7-13(8-12)10(14)6-17-11-4-3-5-16-11/h3-5,9,15H,6-8H2,1-2H3. The summed E-state index contributed by atoms with van der Waals surface area (Å²) in [7, 11) is 0. The third-order valence-electron chi connectivity index (χ3n) is 3.19. The normalized spacial score (nSPS) is 18.2. The molecule has 1 N–H and O–H groups in total. The van der Waals surface area contributed by atoms with Crippen molar-refractivity contribution in [3.8, 4) is 0 Å². The first-order chi connectivity index (χ1) is 8.01. The van der Waals surface area contributed by atoms with Crippen molar-refractivity contribution in [1.82, 2.24) is 4.90 Å². The number of β-amino-alcohol motifs (C(OH)–C–C–N with tert-alkyl or cyclic N) is 1. The Hall–Kier alpha value is -0.520. The number of thioether (sulfide) groups is 1. The molecule has 2 heterocycles. The van der Waals surface area contributed by atoms with Crippen LogP contribution in [-0.4, -0.2) is 40.4 Å². The molecule has 1 aliphatic rings. The van der Waals surface area contributed by atoms with Crippen LogP contribution < -0.4 is 0 Å². The molecule has 0 bridgehead atoms. The van der Waals surface area contributed by atoms with E-state index in [-0.39, 0.29) is 11.8 Å². The number of thiophene rings is 1. The SMILES string of the molecule is CC(C)C1(O)CN(C(=O)CSc2cccs2)C1. The number of hydrogen-bond donors (Lipinski definition) is 1. The quantitative estimate of drug-likeness (QED) is 0.852. The number of amides is 1. The van der Waals surface area contributed by atoms with E-state index in [1.165, 1.54) is 0 Å². The maximum atomic E-state index is 11.8. The molecule has 0 saturated carbocycles. The molecule has 5 heteroatoms. The molecule has 0 atom stereocenters. The Morgan fingerprint density at radius 3 is 2.88 bits per heavy atom. The lowest BCUT2D eigenvalue weighted by Crippen LogP contribution is -2.66. The lowest BCUT2D eigenvalue weighted by Gasteiger charge is -2.49. The maximum Gasteiger partial charge on any atom is 0.233 e. The monoisotopic (exact) mass is 271 g/mol. The Kier molecular flexibility index (Phi) is 3.80. The number of nitrogens with zero attached hydrogens (tertiary/aromatic N) is 1. The molecule has 0 aromatic carbocycles. The van der Waals surface area contributed by atoms with E-state index in [1.807, 2.05) is 31.4 Å². The minimum atomic E-state index is -0.663. The zero-order chi connectivity index (χ0) is 12.5. The number of carbonyl (C=O) groups excluding carboxylic acids is 1. The number of rotatable bonds is 4. The average molecular weight is 271 g/mol. The predicted molar refractivity (Wildman–Crippen MR) is 71.4 cm³/mol. The fourth-order valence-electron chi connectivity index (χ4n) is 1.73. The van der Waals surface area contributed by atoms with Gasteiger partial charge >= 0.3 is 0 Å². The minimum Gasteiger partial charge on any atom is -0.386 e. The molecule has 1 aromatic heterocycles. The van der Waals surface area contributed by atoms with Crippen LogP contribution in [0.4, 0.5) is 0 Å². The summed E-state index contributed by atoms with van der Waals surface area (Å²) in [6.45, 7) is 4.94. The third-order valence-corrected chi connectivity index (χ3v) is 5.31. The highest BCUT2D eigenvalue weighted by Crippen LogP contribution is 2.30. The largest absolute Gasteiger partial charge is 0.386 e. The van der Waals surface area contributed by atoms with Crippen LogP contribution >= 0.6 is 23.1 Å². The Balaban J connectivity index is 1.76. The zero-order valence-corrected chi connectivity index (χ0v) is 11.7. The van der Waals surface area contributed by atoms with Crippen molar-refractivity contribution in [2.24, 2.45) is 5.92 Å². The van der Waals surface area contributed by atoms with E-state index in [9.17, 15) is 9.90 Å². The van der Waals surface area contributed by atoms with Gasteiger partial charge in [-0.15, -0.1) is 23.1 Å². The number of likely N-dealkylation sites (tertiary alicyclic amines) is 1. The fraction of sp³-hybridized carbons (Fsp3) is 0.583. The molecule has 0 spiro atoms. The molecule has 0 radical (unpaired) electrons. The van der Waals surface area contributed by atoms with Crippen molar-refractivity contribution in [2.75, 3.05) is 18.8 Å². The van der Waals surface area contributed by atoms with Gasteiger partial charge in [-0.05, 0) is 17.4 Å². The lowest BCUT2D eigenvalue weighted by atomic mass is 9.83. The van der Waals surface area contributed by atoms with Crippen molar-refractivity contribution < 1.29 is 9.90 Å². The Morgan fingerprint density at radius 2 is 2.35 bits per heavy atom. The van der Waals surface area contributed by atoms with Gasteiger partial charge in [-0.25, -0.2) is 0 Å². The average Bonchev–Trinajstić information content (AvgIpc) is 2.73. The molecule has 3 nitrogen and oxygen atoms in total. The molecule has 1 amide bonds. The fourth-order valence-corrected chi connectivity index (χ4v) is 3.41. The summed E-state index contributed by atoms with van der Waals surface area (Å²) >= 11 is 3.22. The van der Waals surface area contributed by atoms with E-state index in [1.54, 1.807) is 28.0 Å². The molecule has 2 rings (SSSR count). The summed E-state index contributed by atoms with van der Waals surface area (Å²) in [5.74, 6) is 0.791. The maximum absolute atomic E-state index is 11.8. The van der Waals surface area contributed by atoms with Crippen LogP contribution in [0, 0.1) is 5.92 Å². The molecular weight excluding hydrogens is 254 g/mol. The van der Waals surface area contributed by atoms with Gasteiger partial charge in [0.2, 0.25) is 5.91 Å². The minimum absolute atomic E-state index is 0.119. The summed E-state index contributed by atoms with van der Waals surface area (Å²) < 4.78 is 1.16. The lowest BCUT2D eigenvalue weighted by molar-refractivity contribution is -0.161. The van der Waals surface area contributed by atoms with Crippen LogP contribution in [-0.2, 0) is 4.79 Å². The molecule has 94 valence electrons. The third kappa shape index (κ3) is 2.84. The molecule has 1 saturated heterocycles. The topological polar surface area (TPSA) is 40.5 Å². The van der Waals surface area contributed by atoms with E-state index in [2.05, 4.69) is 0 Å². The first-order valence-electron chi connectivity index (χ1n) is 5.68. The van der Waals surface area contributed by atoms with Crippen LogP contribution in [0.25, 0.3) is 0 Å². The number of aliphatic hydroxyl groups is 1. The van der Waals surface area contributed by atoms with Crippen LogP contribution in [0.5, 0.6) is 0 Å². The highest BCUT2D eigenvalue weighted by atomic mass is 32.2. The Morgan fingerprint density at radius 1 is 1.65 bits per heavy atom. The molecule has 1 aliphatic heterocycles. The molecule has 0 aliphatic carbocycles. The highest BCUT2D eigenvalue weighted by molar-refractivity contribution is 8.01. The van der Waals surface area contributed by atoms with Crippen molar-refractivity contribution in [3.63, 3.8) is 0 Å². The predicted octanol–water partition coefficient (Wildman–Crippen LogP) is 2.07. The van der Waals surface area contributed by atoms with Crippen molar-refractivity contribution >= 4 is 29.0 Å². The van der Waals surface area contributed by atoms with Gasteiger partial charge in [0.25, 0.3) is 0 Å². The van der Waals surface area contributed by atoms with E-state index >= 15 is 0 Å². The summed E-state index contributed by atoms with van der Waals surface area (Å²) in [6.07, 6.45) is 0. The van der Waals surface area contributed by atoms with Gasteiger partial charge in [-0.2, -0.15) is 0 Å². The van der Waals surface area contributed by atoms with Crippen LogP contribution in [0.1, 0.15) is 13.8 Å². The second-order valence-electron chi connectivity index (χ2n) is 4.73. The molecule has 17 heavy (non-hydrogen) atoms. The summed E-state index contributed by atoms with van der Waals surface area (Å²) in [5, 5.41) is 12.1. The van der Waals surface area contributed by atoms with Crippen molar-refractivity contribution in [1.29, 1.82) is 0 Å². The van der Waals surface area contributed by atoms with Crippen LogP contribution in [0.3, 0.4) is 0 Å². The smallest absolute Gasteiger partial charge is 0.233 e. The van der Waals surface area contributed by atoms with Crippen molar-refractivity contribution in [3.05, 3.63) is 17.5 Å². The summed E-state index contributed by atoms with van der Waals surface area (Å²) in [5.41, 5.74) is -0.663. The Labute approximate surface area is 110 Å². The van der Waals surface area contributed by atoms with Crippen LogP contribution in [0.15, 0.2) is 21.7 Å². The molecule has 0 unspecified atom stereocenters. The van der Waals surface area contributed by atoms with E-state index in [0.717, 1.165) is 4.21 Å². The van der Waals surface area contributed by atoms with Gasteiger partial charge in [-0.3, -0.25) is 4.79 Å². The van der Waals surface area contributed by atoms with Gasteiger partial charge in [0.1, 0.15) is 5.60 Å². The van der Waals surface area contributed by atoms with Gasteiger partial charge in [-0.1, -0.05) is 19.9 Å². The van der Waals surface area contributed by atoms with E-state index in [4.69, 9.17) is 0 Å². The van der Waals surface area contributed by atoms with Gasteiger partial charge in [0.05, 0.1) is 23.1 Å². The molecular formula is C12H17NO2S2. The number of hydrogen-bond acceptors (Lipinski definition) is 4. The zero-order valence-electron chi connectivity index (χ0n) is 10.0. The van der Waals surface area contributed by atoms with Gasteiger partial charge < -0.3 is 10.0 Å². The summed E-state index contributed by atoms with van der Waals surface area (Å²) in [4.78, 5) is 13.6. The van der Waals surface area contributed by atoms with Gasteiger partial charge in [0.15, 0.2) is 0 Å². The molecule has 1 fully saturated rings. The van der Waals surface area contributed by atoms with E-state index in [0.29, 0.717) is 18.8 Å². The highest BCUT2D eigenvalue weighted by Gasteiger charge is 2.45. The first-order valence-corrected chi connectivity index (χ1v) is 7.54. The second-order valence-corrected chi connectivity index (χ2v) is 6.95. The van der Waals surface area contributed by atoms with Crippen LogP contribution in [0.2, 0.25) is 0 Å². The second kappa shape index (κ2) is 5.00. The summed E-state index contributed by atoms with van der Waals surface area (Å²) in [6, 6.07) is 4.00. The Bertz CT molecular complexity index is 383. The molecule has 1 aromatic rings. The van der Waals surface area contributed by atoms with Crippen molar-refractivity contribution in [2.45, 2.75) is 23.7 Å². The van der Waals surface area contributed by atoms with E-state index < -0.39 is 5.60 Å². The first kappa shape index (κ1) is 12.9. The number of carbonyl (C=O) groups is 1.